The number of hydrogen-bond acceptors (Lipinski definition) is 7. The third-order valence-electron chi connectivity index (χ3n) is 4.40. The van der Waals surface area contributed by atoms with E-state index in [0.29, 0.717) is 28.9 Å². The number of methoxy groups -OCH3 is 3. The second kappa shape index (κ2) is 10.0. The zero-order valence-electron chi connectivity index (χ0n) is 16.9. The van der Waals surface area contributed by atoms with Crippen molar-refractivity contribution in [2.75, 3.05) is 26.6 Å². The van der Waals surface area contributed by atoms with Crippen molar-refractivity contribution in [3.05, 3.63) is 48.0 Å². The summed E-state index contributed by atoms with van der Waals surface area (Å²) in [5.74, 6) is 1.30. The van der Waals surface area contributed by atoms with Gasteiger partial charge in [0.25, 0.3) is 0 Å². The number of carbonyl (C=O) groups excluding carboxylic acids is 2. The maximum absolute atomic E-state index is 12.4. The number of ether oxygens (including phenoxy) is 3. The fourth-order valence-electron chi connectivity index (χ4n) is 2.90. The standard InChI is InChI=1S/C21H23N3O5S/c1-27-15-7-5-4-6-13(15)12-22-21-24-20(26)18(30-21)11-19(25)23-14-8-9-16(28-2)17(10-14)29-3/h4-10,18H,11-12H2,1-3H3,(H,23,25)(H,22,24,26)/t18-/m1/s1. The largest absolute Gasteiger partial charge is 0.496 e. The quantitative estimate of drug-likeness (QED) is 0.670. The molecule has 0 aromatic heterocycles. The van der Waals surface area contributed by atoms with E-state index in [2.05, 4.69) is 15.6 Å². The van der Waals surface area contributed by atoms with Gasteiger partial charge in [-0.25, -0.2) is 0 Å². The Morgan fingerprint density at radius 3 is 2.53 bits per heavy atom. The Kier molecular flexibility index (Phi) is 7.18. The lowest BCUT2D eigenvalue weighted by Crippen LogP contribution is -2.28. The topological polar surface area (TPSA) is 98.2 Å². The Morgan fingerprint density at radius 1 is 1.07 bits per heavy atom. The first kappa shape index (κ1) is 21.5. The Bertz CT molecular complexity index is 963. The van der Waals surface area contributed by atoms with Gasteiger partial charge in [0.2, 0.25) is 11.8 Å². The molecular formula is C21H23N3O5S. The van der Waals surface area contributed by atoms with Gasteiger partial charge in [0, 0.05) is 23.7 Å². The van der Waals surface area contributed by atoms with E-state index in [-0.39, 0.29) is 18.2 Å². The fourth-order valence-corrected chi connectivity index (χ4v) is 3.87. The van der Waals surface area contributed by atoms with Crippen molar-refractivity contribution in [2.24, 2.45) is 4.99 Å². The molecule has 1 aliphatic heterocycles. The van der Waals surface area contributed by atoms with E-state index in [1.54, 1.807) is 32.4 Å². The predicted octanol–water partition coefficient (Wildman–Crippen LogP) is 2.83. The average Bonchev–Trinajstić information content (AvgIpc) is 3.11. The lowest BCUT2D eigenvalue weighted by atomic mass is 10.2. The molecule has 0 unspecified atom stereocenters. The van der Waals surface area contributed by atoms with E-state index in [0.717, 1.165) is 11.3 Å². The van der Waals surface area contributed by atoms with Crippen molar-refractivity contribution in [1.82, 2.24) is 5.32 Å². The summed E-state index contributed by atoms with van der Waals surface area (Å²) in [5, 5.41) is 5.46. The van der Waals surface area contributed by atoms with Crippen LogP contribution in [-0.4, -0.2) is 43.6 Å². The van der Waals surface area contributed by atoms with Crippen LogP contribution in [0.5, 0.6) is 17.2 Å². The number of thioether (sulfide) groups is 1. The van der Waals surface area contributed by atoms with E-state index in [4.69, 9.17) is 14.2 Å². The summed E-state index contributed by atoms with van der Waals surface area (Å²) in [5.41, 5.74) is 1.48. The van der Waals surface area contributed by atoms with Gasteiger partial charge in [-0.15, -0.1) is 0 Å². The van der Waals surface area contributed by atoms with Crippen LogP contribution in [0.4, 0.5) is 5.69 Å². The second-order valence-corrected chi connectivity index (χ2v) is 7.54. The number of aliphatic imine (C=N–C) groups is 1. The Morgan fingerprint density at radius 2 is 1.80 bits per heavy atom. The van der Waals surface area contributed by atoms with Crippen molar-refractivity contribution in [3.63, 3.8) is 0 Å². The SMILES string of the molecule is COc1ccccc1CN=C1NC(=O)[C@@H](CC(=O)Nc2ccc(OC)c(OC)c2)S1. The van der Waals surface area contributed by atoms with Crippen LogP contribution in [0.2, 0.25) is 0 Å². The van der Waals surface area contributed by atoms with Crippen LogP contribution in [0.25, 0.3) is 0 Å². The first-order valence-corrected chi connectivity index (χ1v) is 10.1. The number of nitrogens with one attached hydrogen (secondary N) is 2. The highest BCUT2D eigenvalue weighted by Gasteiger charge is 2.32. The highest BCUT2D eigenvalue weighted by atomic mass is 32.2. The van der Waals surface area contributed by atoms with E-state index >= 15 is 0 Å². The van der Waals surface area contributed by atoms with Gasteiger partial charge < -0.3 is 24.8 Å². The normalized spacial score (nSPS) is 16.8. The highest BCUT2D eigenvalue weighted by molar-refractivity contribution is 8.15. The van der Waals surface area contributed by atoms with Crippen molar-refractivity contribution >= 4 is 34.4 Å². The maximum Gasteiger partial charge on any atom is 0.240 e. The van der Waals surface area contributed by atoms with E-state index in [1.165, 1.54) is 18.9 Å². The monoisotopic (exact) mass is 429 g/mol. The van der Waals surface area contributed by atoms with Crippen molar-refractivity contribution in [3.8, 4) is 17.2 Å². The number of para-hydroxylation sites is 1. The van der Waals surface area contributed by atoms with Gasteiger partial charge >= 0.3 is 0 Å². The van der Waals surface area contributed by atoms with Crippen LogP contribution in [0, 0.1) is 0 Å². The van der Waals surface area contributed by atoms with E-state index in [1.807, 2.05) is 24.3 Å². The number of carbonyl (C=O) groups is 2. The third kappa shape index (κ3) is 5.24. The first-order valence-electron chi connectivity index (χ1n) is 9.19. The number of amidine groups is 1. The lowest BCUT2D eigenvalue weighted by Gasteiger charge is -2.11. The summed E-state index contributed by atoms with van der Waals surface area (Å²) >= 11 is 1.25. The van der Waals surface area contributed by atoms with Gasteiger partial charge in [0.05, 0.1) is 27.9 Å². The van der Waals surface area contributed by atoms with Gasteiger partial charge in [-0.3, -0.25) is 14.6 Å². The van der Waals surface area contributed by atoms with Gasteiger partial charge in [0.15, 0.2) is 16.7 Å². The molecule has 1 heterocycles. The average molecular weight is 429 g/mol. The van der Waals surface area contributed by atoms with Crippen molar-refractivity contribution < 1.29 is 23.8 Å². The summed E-state index contributed by atoms with van der Waals surface area (Å²) in [7, 11) is 4.67. The molecule has 3 rings (SSSR count). The van der Waals surface area contributed by atoms with Crippen LogP contribution >= 0.6 is 11.8 Å². The molecule has 0 radical (unpaired) electrons. The molecule has 1 aliphatic rings. The Hall–Kier alpha value is -3.20. The Balaban J connectivity index is 1.58. The van der Waals surface area contributed by atoms with E-state index in [9.17, 15) is 9.59 Å². The molecule has 0 bridgehead atoms. The molecular weight excluding hydrogens is 406 g/mol. The molecule has 0 saturated carbocycles. The number of amides is 2. The number of nitrogens with zero attached hydrogens (tertiary/aromatic N) is 1. The number of hydrogen-bond donors (Lipinski definition) is 2. The minimum atomic E-state index is -0.540. The number of rotatable bonds is 8. The van der Waals surface area contributed by atoms with Crippen LogP contribution in [0.1, 0.15) is 12.0 Å². The molecule has 1 fully saturated rings. The maximum atomic E-state index is 12.4. The van der Waals surface area contributed by atoms with Crippen LogP contribution in [0.15, 0.2) is 47.5 Å². The van der Waals surface area contributed by atoms with Crippen molar-refractivity contribution in [2.45, 2.75) is 18.2 Å². The summed E-state index contributed by atoms with van der Waals surface area (Å²) < 4.78 is 15.7. The molecule has 2 amide bonds. The molecule has 2 aromatic rings. The summed E-state index contributed by atoms with van der Waals surface area (Å²) in [6.45, 7) is 0.372. The minimum absolute atomic E-state index is 0.0263. The molecule has 2 aromatic carbocycles. The number of benzene rings is 2. The first-order chi connectivity index (χ1) is 14.5. The Labute approximate surface area is 179 Å². The summed E-state index contributed by atoms with van der Waals surface area (Å²) in [6.07, 6.45) is 0.0263. The zero-order valence-corrected chi connectivity index (χ0v) is 17.7. The fraction of sp³-hybridized carbons (Fsp3) is 0.286. The number of anilines is 1. The van der Waals surface area contributed by atoms with Crippen LogP contribution < -0.4 is 24.8 Å². The van der Waals surface area contributed by atoms with Crippen LogP contribution in [0.3, 0.4) is 0 Å². The van der Waals surface area contributed by atoms with Gasteiger partial charge in [-0.2, -0.15) is 0 Å². The van der Waals surface area contributed by atoms with Crippen LogP contribution in [-0.2, 0) is 16.1 Å². The lowest BCUT2D eigenvalue weighted by molar-refractivity contribution is -0.122. The molecule has 9 heteroatoms. The van der Waals surface area contributed by atoms with E-state index < -0.39 is 5.25 Å². The van der Waals surface area contributed by atoms with Gasteiger partial charge in [0.1, 0.15) is 11.0 Å². The highest BCUT2D eigenvalue weighted by Crippen LogP contribution is 2.30. The molecule has 158 valence electrons. The molecule has 30 heavy (non-hydrogen) atoms. The van der Waals surface area contributed by atoms with Crippen molar-refractivity contribution in [1.29, 1.82) is 0 Å². The summed E-state index contributed by atoms with van der Waals surface area (Å²) in [4.78, 5) is 29.1. The predicted molar refractivity (Wildman–Crippen MR) is 116 cm³/mol. The van der Waals surface area contributed by atoms with Gasteiger partial charge in [-0.05, 0) is 18.2 Å². The second-order valence-electron chi connectivity index (χ2n) is 6.35. The molecule has 0 aliphatic carbocycles. The molecule has 8 nitrogen and oxygen atoms in total. The summed E-state index contributed by atoms with van der Waals surface area (Å²) in [6, 6.07) is 12.6. The zero-order chi connectivity index (χ0) is 21.5. The minimum Gasteiger partial charge on any atom is -0.496 e. The molecule has 1 atom stereocenters. The molecule has 2 N–H and O–H groups in total. The van der Waals surface area contributed by atoms with Gasteiger partial charge in [-0.1, -0.05) is 30.0 Å². The molecule has 0 spiro atoms. The smallest absolute Gasteiger partial charge is 0.240 e. The third-order valence-corrected chi connectivity index (χ3v) is 5.52. The molecule has 1 saturated heterocycles.